The first-order valence-corrected chi connectivity index (χ1v) is 8.13. The van der Waals surface area contributed by atoms with Crippen LogP contribution in [-0.4, -0.2) is 28.8 Å². The van der Waals surface area contributed by atoms with Gasteiger partial charge in [0, 0.05) is 10.4 Å². The normalized spacial score (nSPS) is 10.6. The van der Waals surface area contributed by atoms with Gasteiger partial charge in [-0.05, 0) is 24.3 Å². The molecule has 0 unspecified atom stereocenters. The van der Waals surface area contributed by atoms with Crippen LogP contribution in [0.4, 0.5) is 5.69 Å². The lowest BCUT2D eigenvalue weighted by molar-refractivity contribution is -0.255. The number of fused-ring (bicyclic) bond motifs is 1. The number of carbonyl (C=O) groups excluding carboxylic acids is 2. The predicted molar refractivity (Wildman–Crippen MR) is 97.0 cm³/mol. The molecule has 3 aromatic rings. The number of benzene rings is 2. The monoisotopic (exact) mass is 386 g/mol. The molecular formula is C18H13ClN3O5-. The number of carbonyl (C=O) groups is 2. The van der Waals surface area contributed by atoms with Crippen molar-refractivity contribution in [2.45, 2.75) is 6.54 Å². The van der Waals surface area contributed by atoms with Crippen molar-refractivity contribution in [3.8, 4) is 5.75 Å². The Hall–Kier alpha value is -3.39. The summed E-state index contributed by atoms with van der Waals surface area (Å²) in [6.45, 7) is -0.500. The van der Waals surface area contributed by atoms with Crippen molar-refractivity contribution in [3.63, 3.8) is 0 Å². The minimum Gasteiger partial charge on any atom is -0.543 e. The number of nitrogens with one attached hydrogen (secondary N) is 1. The van der Waals surface area contributed by atoms with E-state index in [2.05, 4.69) is 10.4 Å². The van der Waals surface area contributed by atoms with Crippen LogP contribution in [0.2, 0.25) is 5.02 Å². The average Bonchev–Trinajstić information content (AvgIpc) is 2.64. The molecular weight excluding hydrogens is 374 g/mol. The van der Waals surface area contributed by atoms with Crippen molar-refractivity contribution in [2.24, 2.45) is 0 Å². The largest absolute Gasteiger partial charge is 0.543 e. The zero-order valence-electron chi connectivity index (χ0n) is 14.1. The zero-order chi connectivity index (χ0) is 19.6. The van der Waals surface area contributed by atoms with Gasteiger partial charge in [-0.2, -0.15) is 5.10 Å². The molecule has 0 spiro atoms. The lowest BCUT2D eigenvalue weighted by Gasteiger charge is -2.13. The SMILES string of the molecule is COc1ccc(Cl)cc1NC(=O)Cn1nc(C(=O)[O-])c2ccccc2c1=O. The molecule has 1 aromatic heterocycles. The Bertz CT molecular complexity index is 1110. The van der Waals surface area contributed by atoms with Crippen LogP contribution < -0.4 is 20.7 Å². The van der Waals surface area contributed by atoms with Crippen LogP contribution in [0.15, 0.2) is 47.3 Å². The Kier molecular flexibility index (Phi) is 5.09. The molecule has 1 amide bonds. The number of hydrogen-bond donors (Lipinski definition) is 1. The van der Waals surface area contributed by atoms with E-state index in [0.29, 0.717) is 16.5 Å². The summed E-state index contributed by atoms with van der Waals surface area (Å²) in [5.41, 5.74) is -0.703. The molecule has 0 aliphatic rings. The number of aromatic carboxylic acids is 1. The number of hydrogen-bond acceptors (Lipinski definition) is 6. The summed E-state index contributed by atoms with van der Waals surface area (Å²) in [4.78, 5) is 36.2. The van der Waals surface area contributed by atoms with Gasteiger partial charge in [0.15, 0.2) is 0 Å². The quantitative estimate of drug-likeness (QED) is 0.701. The van der Waals surface area contributed by atoms with Crippen LogP contribution in [0, 0.1) is 0 Å². The molecule has 0 aliphatic carbocycles. The van der Waals surface area contributed by atoms with Gasteiger partial charge in [-0.25, -0.2) is 4.68 Å². The summed E-state index contributed by atoms with van der Waals surface area (Å²) >= 11 is 5.92. The van der Waals surface area contributed by atoms with Gasteiger partial charge in [-0.1, -0.05) is 29.8 Å². The third-order valence-electron chi connectivity index (χ3n) is 3.79. The first-order chi connectivity index (χ1) is 12.9. The molecule has 9 heteroatoms. The van der Waals surface area contributed by atoms with Gasteiger partial charge >= 0.3 is 0 Å². The fraction of sp³-hybridized carbons (Fsp3) is 0.111. The topological polar surface area (TPSA) is 113 Å². The minimum atomic E-state index is -1.54. The van der Waals surface area contributed by atoms with E-state index in [4.69, 9.17) is 16.3 Å². The second-order valence-electron chi connectivity index (χ2n) is 5.54. The lowest BCUT2D eigenvalue weighted by atomic mass is 10.1. The van der Waals surface area contributed by atoms with Gasteiger partial charge in [-0.15, -0.1) is 0 Å². The van der Waals surface area contributed by atoms with E-state index in [0.717, 1.165) is 4.68 Å². The summed E-state index contributed by atoms with van der Waals surface area (Å²) < 4.78 is 5.92. The molecule has 1 heterocycles. The summed E-state index contributed by atoms with van der Waals surface area (Å²) in [7, 11) is 1.43. The van der Waals surface area contributed by atoms with Gasteiger partial charge in [-0.3, -0.25) is 9.59 Å². The van der Waals surface area contributed by atoms with Gasteiger partial charge in [0.25, 0.3) is 5.56 Å². The number of nitrogens with zero attached hydrogens (tertiary/aromatic N) is 2. The third kappa shape index (κ3) is 3.75. The van der Waals surface area contributed by atoms with Gasteiger partial charge < -0.3 is 20.0 Å². The first-order valence-electron chi connectivity index (χ1n) is 7.75. The van der Waals surface area contributed by atoms with Crippen LogP contribution in [0.25, 0.3) is 10.8 Å². The highest BCUT2D eigenvalue weighted by atomic mass is 35.5. The Morgan fingerprint density at radius 1 is 1.22 bits per heavy atom. The minimum absolute atomic E-state index is 0.125. The Morgan fingerprint density at radius 3 is 2.59 bits per heavy atom. The van der Waals surface area contributed by atoms with E-state index >= 15 is 0 Å². The number of anilines is 1. The van der Waals surface area contributed by atoms with Crippen molar-refractivity contribution < 1.29 is 19.4 Å². The van der Waals surface area contributed by atoms with E-state index in [-0.39, 0.29) is 10.8 Å². The molecule has 0 saturated carbocycles. The lowest BCUT2D eigenvalue weighted by Crippen LogP contribution is -2.34. The number of carboxylic acids is 1. The smallest absolute Gasteiger partial charge is 0.275 e. The third-order valence-corrected chi connectivity index (χ3v) is 4.03. The maximum absolute atomic E-state index is 12.5. The van der Waals surface area contributed by atoms with Crippen LogP contribution >= 0.6 is 11.6 Å². The number of ether oxygens (including phenoxy) is 1. The number of amides is 1. The van der Waals surface area contributed by atoms with Crippen molar-refractivity contribution in [1.29, 1.82) is 0 Å². The maximum Gasteiger partial charge on any atom is 0.275 e. The first kappa shape index (κ1) is 18.4. The number of carboxylic acid groups (broad SMARTS) is 1. The second-order valence-corrected chi connectivity index (χ2v) is 5.97. The van der Waals surface area contributed by atoms with E-state index in [1.165, 1.54) is 25.3 Å². The number of halogens is 1. The fourth-order valence-corrected chi connectivity index (χ4v) is 2.77. The molecule has 0 bridgehead atoms. The molecule has 1 N–H and O–H groups in total. The summed E-state index contributed by atoms with van der Waals surface area (Å²) in [6, 6.07) is 10.7. The highest BCUT2D eigenvalue weighted by Gasteiger charge is 2.15. The van der Waals surface area contributed by atoms with Crippen LogP contribution in [0.3, 0.4) is 0 Å². The maximum atomic E-state index is 12.5. The van der Waals surface area contributed by atoms with E-state index < -0.39 is 29.7 Å². The highest BCUT2D eigenvalue weighted by molar-refractivity contribution is 6.31. The van der Waals surface area contributed by atoms with E-state index in [1.54, 1.807) is 24.3 Å². The molecule has 8 nitrogen and oxygen atoms in total. The van der Waals surface area contributed by atoms with E-state index in [9.17, 15) is 19.5 Å². The number of rotatable bonds is 5. The molecule has 0 fully saturated rings. The van der Waals surface area contributed by atoms with Crippen LogP contribution in [0.1, 0.15) is 10.5 Å². The average molecular weight is 387 g/mol. The zero-order valence-corrected chi connectivity index (χ0v) is 14.8. The molecule has 0 aliphatic heterocycles. The summed E-state index contributed by atoms with van der Waals surface area (Å²) in [6.07, 6.45) is 0. The molecule has 138 valence electrons. The Labute approximate surface area is 157 Å². The summed E-state index contributed by atoms with van der Waals surface area (Å²) in [5.74, 6) is -1.77. The molecule has 0 radical (unpaired) electrons. The molecule has 0 saturated heterocycles. The molecule has 27 heavy (non-hydrogen) atoms. The number of methoxy groups -OCH3 is 1. The van der Waals surface area contributed by atoms with Crippen LogP contribution in [0.5, 0.6) is 5.75 Å². The molecule has 3 rings (SSSR count). The Morgan fingerprint density at radius 2 is 1.93 bits per heavy atom. The molecule has 2 aromatic carbocycles. The second kappa shape index (κ2) is 7.46. The van der Waals surface area contributed by atoms with E-state index in [1.807, 2.05) is 0 Å². The molecule has 0 atom stereocenters. The summed E-state index contributed by atoms with van der Waals surface area (Å²) in [5, 5.41) is 18.3. The van der Waals surface area contributed by atoms with Gasteiger partial charge in [0.2, 0.25) is 5.91 Å². The van der Waals surface area contributed by atoms with Crippen molar-refractivity contribution in [3.05, 3.63) is 63.5 Å². The highest BCUT2D eigenvalue weighted by Crippen LogP contribution is 2.27. The van der Waals surface area contributed by atoms with Gasteiger partial charge in [0.05, 0.1) is 24.2 Å². The van der Waals surface area contributed by atoms with Gasteiger partial charge in [0.1, 0.15) is 18.0 Å². The fourth-order valence-electron chi connectivity index (χ4n) is 2.60. The van der Waals surface area contributed by atoms with Crippen molar-refractivity contribution in [1.82, 2.24) is 9.78 Å². The standard InChI is InChI=1S/C18H14ClN3O5/c1-27-14-7-6-10(19)8-13(14)20-15(23)9-22-17(24)12-5-3-2-4-11(12)16(21-22)18(25)26/h2-8H,9H2,1H3,(H,20,23)(H,25,26)/p-1. The predicted octanol–water partition coefficient (Wildman–Crippen LogP) is 1.06. The van der Waals surface area contributed by atoms with Crippen molar-refractivity contribution >= 4 is 39.9 Å². The Balaban J connectivity index is 1.96. The van der Waals surface area contributed by atoms with Crippen LogP contribution in [-0.2, 0) is 11.3 Å². The number of aromatic nitrogens is 2. The van der Waals surface area contributed by atoms with Crippen molar-refractivity contribution in [2.75, 3.05) is 12.4 Å².